The second-order valence-corrected chi connectivity index (χ2v) is 6.85. The van der Waals surface area contributed by atoms with Crippen LogP contribution in [0.5, 0.6) is 0 Å². The lowest BCUT2D eigenvalue weighted by Gasteiger charge is -2.13. The molecule has 11 heteroatoms. The van der Waals surface area contributed by atoms with Crippen molar-refractivity contribution in [2.45, 2.75) is 43.9 Å². The van der Waals surface area contributed by atoms with E-state index < -0.39 is 17.0 Å². The van der Waals surface area contributed by atoms with Gasteiger partial charge in [0.05, 0.1) is 11.8 Å². The molecule has 0 atom stereocenters. The lowest BCUT2D eigenvalue weighted by atomic mass is 10.2. The maximum Gasteiger partial charge on any atom is 0.332 e. The zero-order valence-corrected chi connectivity index (χ0v) is 14.8. The number of nitrogen functional groups attached to an aromatic ring is 1. The van der Waals surface area contributed by atoms with Crippen LogP contribution in [0.3, 0.4) is 0 Å². The predicted molar refractivity (Wildman–Crippen MR) is 91.8 cm³/mol. The van der Waals surface area contributed by atoms with E-state index in [1.54, 1.807) is 4.68 Å². The summed E-state index contributed by atoms with van der Waals surface area (Å²) < 4.78 is 3.86. The van der Waals surface area contributed by atoms with Gasteiger partial charge in [0.25, 0.3) is 5.56 Å². The second-order valence-electron chi connectivity index (χ2n) is 5.91. The summed E-state index contributed by atoms with van der Waals surface area (Å²) in [5, 5.41) is 12.0. The highest BCUT2D eigenvalue weighted by atomic mass is 32.2. The van der Waals surface area contributed by atoms with E-state index in [-0.39, 0.29) is 23.2 Å². The molecular weight excluding hydrogens is 346 g/mol. The number of tetrazole rings is 1. The molecule has 1 aliphatic rings. The van der Waals surface area contributed by atoms with Crippen LogP contribution in [-0.4, -0.2) is 40.9 Å². The maximum atomic E-state index is 12.6. The second kappa shape index (κ2) is 6.82. The van der Waals surface area contributed by atoms with Crippen LogP contribution in [0, 0.1) is 0 Å². The van der Waals surface area contributed by atoms with Crippen molar-refractivity contribution in [3.63, 3.8) is 0 Å². The molecule has 2 aromatic heterocycles. The summed E-state index contributed by atoms with van der Waals surface area (Å²) in [5.74, 6) is -0.558. The molecule has 0 amide bonds. The van der Waals surface area contributed by atoms with Crippen molar-refractivity contribution in [2.24, 2.45) is 7.05 Å². The summed E-state index contributed by atoms with van der Waals surface area (Å²) in [7, 11) is 1.34. The summed E-state index contributed by atoms with van der Waals surface area (Å²) in [4.78, 5) is 37.1. The van der Waals surface area contributed by atoms with Gasteiger partial charge in [0.15, 0.2) is 5.78 Å². The Labute approximate surface area is 147 Å². The zero-order chi connectivity index (χ0) is 18.1. The Morgan fingerprint density at radius 1 is 1.36 bits per heavy atom. The quantitative estimate of drug-likeness (QED) is 0.529. The summed E-state index contributed by atoms with van der Waals surface area (Å²) >= 11 is 1.16. The van der Waals surface area contributed by atoms with Crippen molar-refractivity contribution in [3.8, 4) is 0 Å². The average molecular weight is 365 g/mol. The fraction of sp³-hybridized carbons (Fsp3) is 0.571. The van der Waals surface area contributed by atoms with Crippen LogP contribution in [0.15, 0.2) is 14.7 Å². The minimum absolute atomic E-state index is 0.0309. The highest BCUT2D eigenvalue weighted by Gasteiger charge is 2.28. The van der Waals surface area contributed by atoms with Gasteiger partial charge in [0.2, 0.25) is 5.16 Å². The Kier molecular flexibility index (Phi) is 4.75. The molecule has 3 rings (SSSR count). The van der Waals surface area contributed by atoms with Gasteiger partial charge in [-0.25, -0.2) is 9.48 Å². The Morgan fingerprint density at radius 3 is 2.72 bits per heavy atom. The lowest BCUT2D eigenvalue weighted by Crippen LogP contribution is -2.42. The van der Waals surface area contributed by atoms with E-state index in [0.717, 1.165) is 29.2 Å². The molecule has 0 saturated heterocycles. The number of Topliss-reactive ketones (excluding diaryl/α,β-unsaturated/α-hetero) is 1. The Bertz CT molecular complexity index is 925. The van der Waals surface area contributed by atoms with Crippen molar-refractivity contribution in [1.82, 2.24) is 29.3 Å². The fourth-order valence-electron chi connectivity index (χ4n) is 2.52. The maximum absolute atomic E-state index is 12.6. The summed E-state index contributed by atoms with van der Waals surface area (Å²) in [6.45, 7) is 2.22. The van der Waals surface area contributed by atoms with Gasteiger partial charge in [0.1, 0.15) is 11.4 Å². The SMILES string of the molecule is CCCn1c(N)c(C(=O)CSc2nnnn2C2CC2)c(=O)n(C)c1=O. The van der Waals surface area contributed by atoms with E-state index >= 15 is 0 Å². The average Bonchev–Trinajstić information content (AvgIpc) is 3.33. The standard InChI is InChI=1S/C14H19N7O3S/c1-3-6-20-11(15)10(12(23)19(2)14(20)24)9(22)7-25-13-16-17-18-21(13)8-4-5-8/h8H,3-7,15H2,1-2H3. The summed E-state index contributed by atoms with van der Waals surface area (Å²) in [6.07, 6.45) is 2.69. The number of nitrogens with zero attached hydrogens (tertiary/aromatic N) is 6. The van der Waals surface area contributed by atoms with E-state index in [9.17, 15) is 14.4 Å². The van der Waals surface area contributed by atoms with Gasteiger partial charge in [0, 0.05) is 13.6 Å². The van der Waals surface area contributed by atoms with Crippen molar-refractivity contribution < 1.29 is 4.79 Å². The molecule has 0 spiro atoms. The van der Waals surface area contributed by atoms with Gasteiger partial charge < -0.3 is 5.73 Å². The molecular formula is C14H19N7O3S. The van der Waals surface area contributed by atoms with Gasteiger partial charge in [-0.15, -0.1) is 5.10 Å². The van der Waals surface area contributed by atoms with Gasteiger partial charge in [-0.05, 0) is 29.7 Å². The van der Waals surface area contributed by atoms with E-state index in [1.165, 1.54) is 11.6 Å². The van der Waals surface area contributed by atoms with Gasteiger partial charge in [-0.1, -0.05) is 18.7 Å². The zero-order valence-electron chi connectivity index (χ0n) is 14.0. The molecule has 1 fully saturated rings. The molecule has 0 unspecified atom stereocenters. The van der Waals surface area contributed by atoms with E-state index in [1.807, 2.05) is 6.92 Å². The smallest absolute Gasteiger partial charge is 0.332 e. The number of nitrogens with two attached hydrogens (primary N) is 1. The minimum atomic E-state index is -0.678. The Morgan fingerprint density at radius 2 is 2.08 bits per heavy atom. The normalized spacial score (nSPS) is 14.0. The van der Waals surface area contributed by atoms with Gasteiger partial charge in [-0.2, -0.15) is 0 Å². The number of anilines is 1. The van der Waals surface area contributed by atoms with Crippen LogP contribution in [0.25, 0.3) is 0 Å². The molecule has 2 heterocycles. The largest absolute Gasteiger partial charge is 0.384 e. The molecule has 1 saturated carbocycles. The predicted octanol–water partition coefficient (Wildman–Crippen LogP) is -0.164. The molecule has 1 aliphatic carbocycles. The number of aromatic nitrogens is 6. The van der Waals surface area contributed by atoms with E-state index in [2.05, 4.69) is 15.5 Å². The number of carbonyl (C=O) groups is 1. The molecule has 0 aliphatic heterocycles. The number of hydrogen-bond donors (Lipinski definition) is 1. The topological polar surface area (TPSA) is 131 Å². The Balaban J connectivity index is 1.87. The van der Waals surface area contributed by atoms with Crippen LogP contribution >= 0.6 is 11.8 Å². The number of carbonyl (C=O) groups excluding carboxylic acids is 1. The van der Waals surface area contributed by atoms with Crippen LogP contribution in [-0.2, 0) is 13.6 Å². The van der Waals surface area contributed by atoms with Crippen LogP contribution in [0.2, 0.25) is 0 Å². The van der Waals surface area contributed by atoms with Crippen molar-refractivity contribution >= 4 is 23.4 Å². The molecule has 0 radical (unpaired) electrons. The van der Waals surface area contributed by atoms with Crippen LogP contribution < -0.4 is 17.0 Å². The first kappa shape index (κ1) is 17.4. The first-order valence-corrected chi connectivity index (χ1v) is 8.97. The number of ketones is 1. The van der Waals surface area contributed by atoms with Crippen molar-refractivity contribution in [3.05, 3.63) is 26.4 Å². The third kappa shape index (κ3) is 3.23. The molecule has 134 valence electrons. The number of thioether (sulfide) groups is 1. The molecule has 10 nitrogen and oxygen atoms in total. The Hall–Kier alpha value is -2.43. The molecule has 2 aromatic rings. The van der Waals surface area contributed by atoms with Crippen LogP contribution in [0.4, 0.5) is 5.82 Å². The van der Waals surface area contributed by atoms with E-state index in [4.69, 9.17) is 5.73 Å². The molecule has 2 N–H and O–H groups in total. The van der Waals surface area contributed by atoms with Crippen molar-refractivity contribution in [1.29, 1.82) is 0 Å². The highest BCUT2D eigenvalue weighted by molar-refractivity contribution is 7.99. The number of rotatable bonds is 7. The van der Waals surface area contributed by atoms with Crippen molar-refractivity contribution in [2.75, 3.05) is 11.5 Å². The molecule has 25 heavy (non-hydrogen) atoms. The fourth-order valence-corrected chi connectivity index (χ4v) is 3.33. The molecule has 0 bridgehead atoms. The first-order valence-electron chi connectivity index (χ1n) is 7.98. The highest BCUT2D eigenvalue weighted by Crippen LogP contribution is 2.36. The third-order valence-electron chi connectivity index (χ3n) is 4.00. The van der Waals surface area contributed by atoms with Crippen LogP contribution in [0.1, 0.15) is 42.6 Å². The monoisotopic (exact) mass is 365 g/mol. The molecule has 0 aromatic carbocycles. The number of hydrogen-bond acceptors (Lipinski definition) is 8. The van der Waals surface area contributed by atoms with Gasteiger partial charge >= 0.3 is 5.69 Å². The van der Waals surface area contributed by atoms with E-state index in [0.29, 0.717) is 18.1 Å². The summed E-state index contributed by atoms with van der Waals surface area (Å²) in [6, 6.07) is 0.289. The lowest BCUT2D eigenvalue weighted by molar-refractivity contribution is 0.102. The minimum Gasteiger partial charge on any atom is -0.384 e. The third-order valence-corrected chi connectivity index (χ3v) is 4.93. The summed E-state index contributed by atoms with van der Waals surface area (Å²) in [5.41, 5.74) is 4.59. The first-order chi connectivity index (χ1) is 12.0. The van der Waals surface area contributed by atoms with Gasteiger partial charge in [-0.3, -0.25) is 18.7 Å².